The molecule has 0 bridgehead atoms. The molecule has 0 spiro atoms. The van der Waals surface area contributed by atoms with Gasteiger partial charge in [-0.05, 0) is 29.3 Å². The molecule has 1 aliphatic rings. The lowest BCUT2D eigenvalue weighted by molar-refractivity contribution is 0.0243. The van der Waals surface area contributed by atoms with E-state index in [-0.39, 0.29) is 11.9 Å². The molecule has 1 saturated heterocycles. The van der Waals surface area contributed by atoms with Crippen LogP contribution in [0.5, 0.6) is 0 Å². The van der Waals surface area contributed by atoms with Gasteiger partial charge in [-0.2, -0.15) is 0 Å². The predicted molar refractivity (Wildman–Crippen MR) is 114 cm³/mol. The fourth-order valence-corrected chi connectivity index (χ4v) is 4.32. The van der Waals surface area contributed by atoms with Crippen molar-refractivity contribution in [2.45, 2.75) is 6.04 Å². The molecular formula is C25H23FN2O. The SMILES string of the molecule is Fc1ccc(C(c2c(-c3ccccc3)[nH]c3ccccc23)N2CCOCC2)cc1. The molecule has 4 heteroatoms. The molecule has 3 nitrogen and oxygen atoms in total. The van der Waals surface area contributed by atoms with Crippen LogP contribution in [-0.2, 0) is 4.74 Å². The van der Waals surface area contributed by atoms with E-state index in [1.165, 1.54) is 10.9 Å². The van der Waals surface area contributed by atoms with E-state index in [9.17, 15) is 4.39 Å². The Morgan fingerprint density at radius 1 is 0.828 bits per heavy atom. The number of nitrogens with one attached hydrogen (secondary N) is 1. The fraction of sp³-hybridized carbons (Fsp3) is 0.200. The molecular weight excluding hydrogens is 363 g/mol. The molecule has 1 aliphatic heterocycles. The standard InChI is InChI=1S/C25H23FN2O/c26-20-12-10-19(11-13-20)25(28-14-16-29-17-15-28)23-21-8-4-5-9-22(21)27-24(23)18-6-2-1-3-7-18/h1-13,25,27H,14-17H2. The second kappa shape index (κ2) is 7.82. The van der Waals surface area contributed by atoms with E-state index in [1.54, 1.807) is 12.1 Å². The van der Waals surface area contributed by atoms with Crippen molar-refractivity contribution in [3.63, 3.8) is 0 Å². The van der Waals surface area contributed by atoms with Gasteiger partial charge in [0.1, 0.15) is 5.82 Å². The maximum absolute atomic E-state index is 13.7. The molecule has 29 heavy (non-hydrogen) atoms. The maximum atomic E-state index is 13.7. The summed E-state index contributed by atoms with van der Waals surface area (Å²) in [4.78, 5) is 6.09. The molecule has 1 aromatic heterocycles. The molecule has 5 rings (SSSR count). The van der Waals surface area contributed by atoms with Crippen molar-refractivity contribution >= 4 is 10.9 Å². The summed E-state index contributed by atoms with van der Waals surface area (Å²) in [6.45, 7) is 3.10. The van der Waals surface area contributed by atoms with Gasteiger partial charge in [-0.1, -0.05) is 60.7 Å². The zero-order valence-electron chi connectivity index (χ0n) is 16.1. The Morgan fingerprint density at radius 2 is 1.52 bits per heavy atom. The van der Waals surface area contributed by atoms with Crippen LogP contribution in [-0.4, -0.2) is 36.2 Å². The van der Waals surface area contributed by atoms with Crippen LogP contribution in [0.2, 0.25) is 0 Å². The van der Waals surface area contributed by atoms with Gasteiger partial charge in [-0.15, -0.1) is 0 Å². The van der Waals surface area contributed by atoms with Gasteiger partial charge in [0.15, 0.2) is 0 Å². The summed E-state index contributed by atoms with van der Waals surface area (Å²) in [5, 5.41) is 1.20. The quantitative estimate of drug-likeness (QED) is 0.509. The number of para-hydroxylation sites is 1. The highest BCUT2D eigenvalue weighted by molar-refractivity contribution is 5.91. The first-order valence-corrected chi connectivity index (χ1v) is 10.0. The van der Waals surface area contributed by atoms with Crippen molar-refractivity contribution in [3.8, 4) is 11.3 Å². The summed E-state index contributed by atoms with van der Waals surface area (Å²) in [6, 6.07) is 25.8. The molecule has 0 amide bonds. The number of benzene rings is 3. The van der Waals surface area contributed by atoms with E-state index in [4.69, 9.17) is 4.74 Å². The van der Waals surface area contributed by atoms with Crippen LogP contribution < -0.4 is 0 Å². The van der Waals surface area contributed by atoms with Crippen LogP contribution in [0.4, 0.5) is 4.39 Å². The zero-order chi connectivity index (χ0) is 19.6. The van der Waals surface area contributed by atoms with Gasteiger partial charge >= 0.3 is 0 Å². The first kappa shape index (κ1) is 18.1. The molecule has 2 heterocycles. The molecule has 1 N–H and O–H groups in total. The van der Waals surface area contributed by atoms with E-state index in [2.05, 4.69) is 58.4 Å². The third-order valence-corrected chi connectivity index (χ3v) is 5.68. The van der Waals surface area contributed by atoms with Gasteiger partial charge in [0.25, 0.3) is 0 Å². The number of morpholine rings is 1. The Kier molecular flexibility index (Phi) is 4.88. The molecule has 4 aromatic rings. The van der Waals surface area contributed by atoms with Gasteiger partial charge in [0.05, 0.1) is 24.9 Å². The zero-order valence-corrected chi connectivity index (χ0v) is 16.1. The minimum absolute atomic E-state index is 0.0193. The predicted octanol–water partition coefficient (Wildman–Crippen LogP) is 5.40. The van der Waals surface area contributed by atoms with Gasteiger partial charge in [-0.25, -0.2) is 4.39 Å². The van der Waals surface area contributed by atoms with Crippen molar-refractivity contribution in [1.82, 2.24) is 9.88 Å². The Balaban J connectivity index is 1.75. The third-order valence-electron chi connectivity index (χ3n) is 5.68. The van der Waals surface area contributed by atoms with E-state index in [1.807, 2.05) is 18.2 Å². The fourth-order valence-electron chi connectivity index (χ4n) is 4.32. The molecule has 0 aliphatic carbocycles. The molecule has 0 radical (unpaired) electrons. The molecule has 1 fully saturated rings. The highest BCUT2D eigenvalue weighted by Gasteiger charge is 2.29. The molecule has 3 aromatic carbocycles. The van der Waals surface area contributed by atoms with Gasteiger partial charge in [0.2, 0.25) is 0 Å². The third kappa shape index (κ3) is 3.46. The average molecular weight is 386 g/mol. The van der Waals surface area contributed by atoms with Crippen LogP contribution in [0.25, 0.3) is 22.2 Å². The first-order chi connectivity index (χ1) is 14.3. The number of hydrogen-bond donors (Lipinski definition) is 1. The maximum Gasteiger partial charge on any atom is 0.123 e. The van der Waals surface area contributed by atoms with Crippen LogP contribution in [0.1, 0.15) is 17.2 Å². The first-order valence-electron chi connectivity index (χ1n) is 10.0. The number of aromatic nitrogens is 1. The monoisotopic (exact) mass is 386 g/mol. The Bertz CT molecular complexity index is 1100. The number of hydrogen-bond acceptors (Lipinski definition) is 2. The summed E-state index contributed by atoms with van der Waals surface area (Å²) in [7, 11) is 0. The lowest BCUT2D eigenvalue weighted by Crippen LogP contribution is -2.39. The van der Waals surface area contributed by atoms with Gasteiger partial charge in [0, 0.05) is 29.6 Å². The van der Waals surface area contributed by atoms with E-state index in [0.29, 0.717) is 13.2 Å². The van der Waals surface area contributed by atoms with Crippen LogP contribution in [0.3, 0.4) is 0 Å². The number of rotatable bonds is 4. The summed E-state index contributed by atoms with van der Waals surface area (Å²) in [5.74, 6) is -0.211. The normalized spacial score (nSPS) is 16.2. The average Bonchev–Trinajstić information content (AvgIpc) is 3.16. The number of nitrogens with zero attached hydrogens (tertiary/aromatic N) is 1. The Morgan fingerprint density at radius 3 is 2.28 bits per heavy atom. The summed E-state index contributed by atoms with van der Waals surface area (Å²) in [5.41, 5.74) is 5.71. The number of fused-ring (bicyclic) bond motifs is 1. The second-order valence-corrected chi connectivity index (χ2v) is 7.43. The summed E-state index contributed by atoms with van der Waals surface area (Å²) in [6.07, 6.45) is 0. The second-order valence-electron chi connectivity index (χ2n) is 7.43. The lowest BCUT2D eigenvalue weighted by Gasteiger charge is -2.35. The van der Waals surface area contributed by atoms with Gasteiger partial charge < -0.3 is 9.72 Å². The van der Waals surface area contributed by atoms with Crippen molar-refractivity contribution < 1.29 is 9.13 Å². The van der Waals surface area contributed by atoms with Crippen LogP contribution in [0, 0.1) is 5.82 Å². The smallest absolute Gasteiger partial charge is 0.123 e. The van der Waals surface area contributed by atoms with Crippen molar-refractivity contribution in [2.24, 2.45) is 0 Å². The van der Waals surface area contributed by atoms with E-state index in [0.717, 1.165) is 35.4 Å². The van der Waals surface area contributed by atoms with Gasteiger partial charge in [-0.3, -0.25) is 4.90 Å². The summed E-state index contributed by atoms with van der Waals surface area (Å²) >= 11 is 0. The molecule has 1 atom stereocenters. The summed E-state index contributed by atoms with van der Waals surface area (Å²) < 4.78 is 19.3. The highest BCUT2D eigenvalue weighted by atomic mass is 19.1. The van der Waals surface area contributed by atoms with E-state index < -0.39 is 0 Å². The molecule has 146 valence electrons. The Labute approximate surface area is 169 Å². The van der Waals surface area contributed by atoms with Crippen molar-refractivity contribution in [3.05, 3.63) is 95.8 Å². The lowest BCUT2D eigenvalue weighted by atomic mass is 9.92. The minimum atomic E-state index is -0.211. The number of halogens is 1. The topological polar surface area (TPSA) is 28.3 Å². The number of aromatic amines is 1. The van der Waals surface area contributed by atoms with Crippen molar-refractivity contribution in [2.75, 3.05) is 26.3 Å². The molecule has 1 unspecified atom stereocenters. The number of ether oxygens (including phenoxy) is 1. The van der Waals surface area contributed by atoms with Crippen molar-refractivity contribution in [1.29, 1.82) is 0 Å². The largest absolute Gasteiger partial charge is 0.379 e. The van der Waals surface area contributed by atoms with Crippen LogP contribution >= 0.6 is 0 Å². The number of H-pyrrole nitrogens is 1. The van der Waals surface area contributed by atoms with Crippen LogP contribution in [0.15, 0.2) is 78.9 Å². The highest BCUT2D eigenvalue weighted by Crippen LogP contribution is 2.40. The Hall–Kier alpha value is -2.95. The van der Waals surface area contributed by atoms with E-state index >= 15 is 0 Å². The molecule has 0 saturated carbocycles. The minimum Gasteiger partial charge on any atom is -0.379 e.